The lowest BCUT2D eigenvalue weighted by molar-refractivity contribution is -0.181. The third-order valence-electron chi connectivity index (χ3n) is 5.21. The number of amides is 1. The second-order valence-electron chi connectivity index (χ2n) is 7.16. The Hall–Kier alpha value is -1.70. The van der Waals surface area contributed by atoms with Gasteiger partial charge in [0, 0.05) is 37.1 Å². The van der Waals surface area contributed by atoms with Crippen LogP contribution in [0, 0.1) is 12.8 Å². The molecule has 25 heavy (non-hydrogen) atoms. The first-order valence-corrected chi connectivity index (χ1v) is 9.60. The van der Waals surface area contributed by atoms with Gasteiger partial charge in [-0.1, -0.05) is 5.16 Å². The lowest BCUT2D eigenvalue weighted by atomic mass is 9.83. The number of aryl methyl sites for hydroxylation is 1. The maximum Gasteiger partial charge on any atom is 0.289 e. The van der Waals surface area contributed by atoms with Crippen molar-refractivity contribution in [2.75, 3.05) is 26.2 Å². The zero-order valence-corrected chi connectivity index (χ0v) is 15.2. The molecule has 0 aromatic carbocycles. The smallest absolute Gasteiger partial charge is 0.289 e. The molecule has 1 N–H and O–H groups in total. The van der Waals surface area contributed by atoms with E-state index in [4.69, 9.17) is 9.26 Å². The molecule has 1 spiro atoms. The molecule has 1 atom stereocenters. The topological polar surface area (TPSA) is 67.6 Å². The summed E-state index contributed by atoms with van der Waals surface area (Å²) in [5.74, 6) is 0.414. The van der Waals surface area contributed by atoms with Crippen molar-refractivity contribution in [3.05, 3.63) is 39.9 Å². The number of carbonyl (C=O) groups excluding carboxylic acids is 1. The van der Waals surface area contributed by atoms with Gasteiger partial charge in [0.2, 0.25) is 5.76 Å². The zero-order valence-electron chi connectivity index (χ0n) is 14.4. The number of rotatable bonds is 5. The summed E-state index contributed by atoms with van der Waals surface area (Å²) in [5, 5.41) is 8.61. The van der Waals surface area contributed by atoms with Gasteiger partial charge in [0.25, 0.3) is 5.91 Å². The number of hydrogen-bond donors (Lipinski definition) is 1. The molecule has 0 saturated carbocycles. The van der Waals surface area contributed by atoms with E-state index in [1.54, 1.807) is 6.07 Å². The van der Waals surface area contributed by atoms with E-state index in [-0.39, 0.29) is 17.3 Å². The Labute approximate surface area is 151 Å². The van der Waals surface area contributed by atoms with Crippen LogP contribution < -0.4 is 5.32 Å². The van der Waals surface area contributed by atoms with Gasteiger partial charge < -0.3 is 14.6 Å². The van der Waals surface area contributed by atoms with Crippen molar-refractivity contribution in [2.24, 2.45) is 5.92 Å². The SMILES string of the molecule is Cc1ccsc1CN1CC2(CC[C@H](CNC(=O)c3ccno3)CO2)C1. The first-order valence-electron chi connectivity index (χ1n) is 8.72. The molecule has 2 aromatic rings. The summed E-state index contributed by atoms with van der Waals surface area (Å²) in [5.41, 5.74) is 1.43. The molecular formula is C18H23N3O3S. The summed E-state index contributed by atoms with van der Waals surface area (Å²) in [6, 6.07) is 3.75. The summed E-state index contributed by atoms with van der Waals surface area (Å²) in [7, 11) is 0. The summed E-state index contributed by atoms with van der Waals surface area (Å²) in [6.07, 6.45) is 3.63. The van der Waals surface area contributed by atoms with Gasteiger partial charge in [-0.3, -0.25) is 9.69 Å². The van der Waals surface area contributed by atoms with E-state index in [1.165, 1.54) is 16.6 Å². The molecule has 134 valence electrons. The molecule has 0 bridgehead atoms. The Bertz CT molecular complexity index is 712. The third-order valence-corrected chi connectivity index (χ3v) is 6.21. The van der Waals surface area contributed by atoms with Crippen molar-refractivity contribution in [3.63, 3.8) is 0 Å². The Kier molecular flexibility index (Phi) is 4.62. The van der Waals surface area contributed by atoms with Crippen LogP contribution in [0.5, 0.6) is 0 Å². The summed E-state index contributed by atoms with van der Waals surface area (Å²) in [6.45, 7) is 6.57. The van der Waals surface area contributed by atoms with Gasteiger partial charge in [0.15, 0.2) is 0 Å². The lowest BCUT2D eigenvalue weighted by Crippen LogP contribution is -2.64. The molecule has 2 aliphatic rings. The van der Waals surface area contributed by atoms with Gasteiger partial charge in [-0.15, -0.1) is 11.3 Å². The summed E-state index contributed by atoms with van der Waals surface area (Å²) < 4.78 is 11.1. The van der Waals surface area contributed by atoms with Crippen molar-refractivity contribution >= 4 is 17.2 Å². The first kappa shape index (κ1) is 16.8. The number of likely N-dealkylation sites (tertiary alicyclic amines) is 1. The highest BCUT2D eigenvalue weighted by Crippen LogP contribution is 2.37. The van der Waals surface area contributed by atoms with Gasteiger partial charge in [0.1, 0.15) is 0 Å². The average molecular weight is 361 g/mol. The predicted molar refractivity (Wildman–Crippen MR) is 94.6 cm³/mol. The number of thiophene rings is 1. The van der Waals surface area contributed by atoms with Crippen LogP contribution in [0.15, 0.2) is 28.2 Å². The average Bonchev–Trinajstić information content (AvgIpc) is 3.25. The van der Waals surface area contributed by atoms with E-state index in [1.807, 2.05) is 11.3 Å². The molecule has 2 aliphatic heterocycles. The number of hydrogen-bond acceptors (Lipinski definition) is 6. The van der Waals surface area contributed by atoms with Crippen molar-refractivity contribution in [1.82, 2.24) is 15.4 Å². The summed E-state index contributed by atoms with van der Waals surface area (Å²) >= 11 is 1.84. The minimum Gasteiger partial charge on any atom is -0.372 e. The maximum atomic E-state index is 11.9. The van der Waals surface area contributed by atoms with Gasteiger partial charge in [-0.05, 0) is 42.7 Å². The van der Waals surface area contributed by atoms with Crippen LogP contribution in [0.1, 0.15) is 33.8 Å². The fraction of sp³-hybridized carbons (Fsp3) is 0.556. The zero-order chi connectivity index (χ0) is 17.3. The summed E-state index contributed by atoms with van der Waals surface area (Å²) in [4.78, 5) is 15.8. The molecule has 7 heteroatoms. The third kappa shape index (κ3) is 3.63. The van der Waals surface area contributed by atoms with Crippen molar-refractivity contribution in [2.45, 2.75) is 31.9 Å². The highest BCUT2D eigenvalue weighted by atomic mass is 32.1. The molecule has 1 amide bonds. The normalized spacial score (nSPS) is 22.7. The largest absolute Gasteiger partial charge is 0.372 e. The maximum absolute atomic E-state index is 11.9. The molecule has 0 unspecified atom stereocenters. The Morgan fingerprint density at radius 3 is 3.00 bits per heavy atom. The van der Waals surface area contributed by atoms with Crippen molar-refractivity contribution in [3.8, 4) is 0 Å². The number of aromatic nitrogens is 1. The Balaban J connectivity index is 1.19. The monoisotopic (exact) mass is 361 g/mol. The number of nitrogens with zero attached hydrogens (tertiary/aromatic N) is 2. The molecule has 0 aliphatic carbocycles. The molecule has 4 rings (SSSR count). The molecule has 2 fully saturated rings. The van der Waals surface area contributed by atoms with Gasteiger partial charge in [-0.25, -0.2) is 0 Å². The number of nitrogens with one attached hydrogen (secondary N) is 1. The van der Waals surface area contributed by atoms with E-state index >= 15 is 0 Å². The van der Waals surface area contributed by atoms with Crippen LogP contribution in [0.4, 0.5) is 0 Å². The van der Waals surface area contributed by atoms with Crippen LogP contribution in [0.25, 0.3) is 0 Å². The minimum absolute atomic E-state index is 0.0383. The van der Waals surface area contributed by atoms with E-state index in [9.17, 15) is 4.79 Å². The minimum atomic E-state index is -0.209. The van der Waals surface area contributed by atoms with Gasteiger partial charge in [-0.2, -0.15) is 0 Å². The first-order chi connectivity index (χ1) is 12.1. The van der Waals surface area contributed by atoms with Crippen LogP contribution in [0.2, 0.25) is 0 Å². The van der Waals surface area contributed by atoms with Crippen LogP contribution in [0.3, 0.4) is 0 Å². The molecule has 4 heterocycles. The van der Waals surface area contributed by atoms with Gasteiger partial charge >= 0.3 is 0 Å². The Morgan fingerprint density at radius 2 is 2.36 bits per heavy atom. The number of carbonyl (C=O) groups is 1. The van der Waals surface area contributed by atoms with Crippen molar-refractivity contribution < 1.29 is 14.1 Å². The fourth-order valence-corrected chi connectivity index (χ4v) is 4.58. The molecule has 2 aromatic heterocycles. The second kappa shape index (κ2) is 6.90. The Morgan fingerprint density at radius 1 is 1.48 bits per heavy atom. The quantitative estimate of drug-likeness (QED) is 0.886. The van der Waals surface area contributed by atoms with E-state index in [2.05, 4.69) is 33.7 Å². The highest BCUT2D eigenvalue weighted by molar-refractivity contribution is 7.10. The lowest BCUT2D eigenvalue weighted by Gasteiger charge is -2.53. The second-order valence-corrected chi connectivity index (χ2v) is 8.16. The predicted octanol–water partition coefficient (Wildman–Crippen LogP) is 2.46. The molecule has 6 nitrogen and oxygen atoms in total. The molecule has 2 saturated heterocycles. The number of ether oxygens (including phenoxy) is 1. The highest BCUT2D eigenvalue weighted by Gasteiger charge is 2.46. The van der Waals surface area contributed by atoms with E-state index in [0.29, 0.717) is 19.1 Å². The molecule has 0 radical (unpaired) electrons. The van der Waals surface area contributed by atoms with Crippen molar-refractivity contribution in [1.29, 1.82) is 0 Å². The standard InChI is InChI=1S/C18H23N3O3S/c1-13-4-7-25-16(13)9-21-11-18(12-21)5-2-14(10-23-18)8-19-17(22)15-3-6-20-24-15/h3-4,6-7,14H,2,5,8-12H2,1H3,(H,19,22)/t14-/m1/s1. The van der Waals surface area contributed by atoms with Crippen LogP contribution in [-0.4, -0.2) is 47.8 Å². The van der Waals surface area contributed by atoms with E-state index in [0.717, 1.165) is 32.5 Å². The van der Waals surface area contributed by atoms with Crippen LogP contribution in [-0.2, 0) is 11.3 Å². The van der Waals surface area contributed by atoms with E-state index < -0.39 is 0 Å². The van der Waals surface area contributed by atoms with Crippen LogP contribution >= 0.6 is 11.3 Å². The molecular weight excluding hydrogens is 338 g/mol. The fourth-order valence-electron chi connectivity index (χ4n) is 3.63. The van der Waals surface area contributed by atoms with Gasteiger partial charge in [0.05, 0.1) is 18.4 Å².